The summed E-state index contributed by atoms with van der Waals surface area (Å²) in [5.41, 5.74) is 1.42. The number of aromatic nitrogens is 2. The van der Waals surface area contributed by atoms with Gasteiger partial charge in [0.25, 0.3) is 5.91 Å². The van der Waals surface area contributed by atoms with E-state index in [0.717, 1.165) is 5.56 Å². The molecule has 3 rings (SSSR count). The van der Waals surface area contributed by atoms with Crippen LogP contribution in [0.3, 0.4) is 0 Å². The second-order valence-electron chi connectivity index (χ2n) is 6.84. The average molecular weight is 467 g/mol. The van der Waals surface area contributed by atoms with E-state index < -0.39 is 6.61 Å². The number of rotatable bonds is 9. The van der Waals surface area contributed by atoms with E-state index in [0.29, 0.717) is 32.4 Å². The zero-order valence-electron chi connectivity index (χ0n) is 18.3. The standard InChI is InChI=1S/C21H23F2N3O5S/c1-11-16-18(30-5)24-15(10-28-3)25-19(16)32-17(11)20(27)26(2)9-12-6-7-13(31-21(22)23)14(8-12)29-4/h6-8,21H,9-10H2,1-5H3. The first-order valence-corrected chi connectivity index (χ1v) is 10.3. The SMILES string of the molecule is COCc1nc(OC)c2c(C)c(C(=O)N(C)Cc3ccc(OC(F)F)c(OC)c3)sc2n1. The minimum Gasteiger partial charge on any atom is -0.493 e. The summed E-state index contributed by atoms with van der Waals surface area (Å²) in [5.74, 6) is 0.721. The lowest BCUT2D eigenvalue weighted by Crippen LogP contribution is -2.26. The topological polar surface area (TPSA) is 83.0 Å². The van der Waals surface area contributed by atoms with Crippen molar-refractivity contribution in [3.8, 4) is 17.4 Å². The summed E-state index contributed by atoms with van der Waals surface area (Å²) >= 11 is 1.25. The third-order valence-corrected chi connectivity index (χ3v) is 5.85. The Kier molecular flexibility index (Phi) is 7.41. The molecule has 0 bridgehead atoms. The number of carbonyl (C=O) groups excluding carboxylic acids is 1. The van der Waals surface area contributed by atoms with Gasteiger partial charge in [0, 0.05) is 20.7 Å². The normalized spacial score (nSPS) is 11.1. The Morgan fingerprint density at radius 1 is 1.16 bits per heavy atom. The second-order valence-corrected chi connectivity index (χ2v) is 7.84. The lowest BCUT2D eigenvalue weighted by molar-refractivity contribution is -0.0512. The van der Waals surface area contributed by atoms with Crippen molar-refractivity contribution < 1.29 is 32.5 Å². The van der Waals surface area contributed by atoms with Gasteiger partial charge in [-0.1, -0.05) is 6.07 Å². The van der Waals surface area contributed by atoms with E-state index >= 15 is 0 Å². The van der Waals surface area contributed by atoms with E-state index in [1.165, 1.54) is 36.5 Å². The summed E-state index contributed by atoms with van der Waals surface area (Å²) in [6.45, 7) is -0.685. The number of thiophene rings is 1. The molecule has 3 aromatic rings. The largest absolute Gasteiger partial charge is 0.493 e. The van der Waals surface area contributed by atoms with E-state index in [1.807, 2.05) is 6.92 Å². The number of nitrogens with zero attached hydrogens (tertiary/aromatic N) is 3. The first-order valence-electron chi connectivity index (χ1n) is 9.49. The molecule has 2 heterocycles. The Balaban J connectivity index is 1.88. The van der Waals surface area contributed by atoms with Crippen LogP contribution in [-0.2, 0) is 17.9 Å². The zero-order chi connectivity index (χ0) is 23.4. The minimum atomic E-state index is -2.96. The summed E-state index contributed by atoms with van der Waals surface area (Å²) in [6.07, 6.45) is 0. The fourth-order valence-corrected chi connectivity index (χ4v) is 4.40. The fourth-order valence-electron chi connectivity index (χ4n) is 3.21. The molecule has 2 aromatic heterocycles. The van der Waals surface area contributed by atoms with Gasteiger partial charge in [0.15, 0.2) is 17.3 Å². The Bertz CT molecular complexity index is 1120. The number of aryl methyl sites for hydroxylation is 1. The molecule has 0 spiro atoms. The highest BCUT2D eigenvalue weighted by molar-refractivity contribution is 7.20. The molecule has 0 fully saturated rings. The maximum atomic E-state index is 13.2. The van der Waals surface area contributed by atoms with Crippen molar-refractivity contribution in [2.75, 3.05) is 28.4 Å². The van der Waals surface area contributed by atoms with Crippen molar-refractivity contribution in [1.82, 2.24) is 14.9 Å². The molecule has 172 valence electrons. The van der Waals surface area contributed by atoms with Crippen LogP contribution in [0.5, 0.6) is 17.4 Å². The number of methoxy groups -OCH3 is 3. The van der Waals surface area contributed by atoms with Crippen LogP contribution in [0.1, 0.15) is 26.6 Å². The van der Waals surface area contributed by atoms with Crippen molar-refractivity contribution in [1.29, 1.82) is 0 Å². The van der Waals surface area contributed by atoms with Crippen LogP contribution >= 0.6 is 11.3 Å². The molecule has 0 radical (unpaired) electrons. The predicted octanol–water partition coefficient (Wildman–Crippen LogP) is 4.04. The average Bonchev–Trinajstić information content (AvgIpc) is 3.09. The summed E-state index contributed by atoms with van der Waals surface area (Å²) < 4.78 is 45.1. The molecule has 1 aromatic carbocycles. The smallest absolute Gasteiger partial charge is 0.387 e. The van der Waals surface area contributed by atoms with Crippen LogP contribution in [0, 0.1) is 6.92 Å². The number of amides is 1. The van der Waals surface area contributed by atoms with E-state index in [1.54, 1.807) is 26.3 Å². The zero-order valence-corrected chi connectivity index (χ0v) is 19.1. The molecule has 0 aliphatic carbocycles. The van der Waals surface area contributed by atoms with Gasteiger partial charge in [0.05, 0.1) is 24.5 Å². The number of hydrogen-bond donors (Lipinski definition) is 0. The maximum absolute atomic E-state index is 13.2. The number of ether oxygens (including phenoxy) is 4. The van der Waals surface area contributed by atoms with Gasteiger partial charge >= 0.3 is 6.61 Å². The molecule has 0 atom stereocenters. The first kappa shape index (κ1) is 23.6. The third kappa shape index (κ3) is 4.89. The summed E-state index contributed by atoms with van der Waals surface area (Å²) in [6, 6.07) is 4.55. The molecule has 0 N–H and O–H groups in total. The molecule has 11 heteroatoms. The van der Waals surface area contributed by atoms with Crippen LogP contribution in [0.2, 0.25) is 0 Å². The number of halogens is 2. The molecule has 1 amide bonds. The molecule has 8 nitrogen and oxygen atoms in total. The van der Waals surface area contributed by atoms with Crippen molar-refractivity contribution in [3.05, 3.63) is 40.0 Å². The van der Waals surface area contributed by atoms with Crippen molar-refractivity contribution in [3.63, 3.8) is 0 Å². The van der Waals surface area contributed by atoms with E-state index in [-0.39, 0.29) is 30.6 Å². The third-order valence-electron chi connectivity index (χ3n) is 4.67. The number of fused-ring (bicyclic) bond motifs is 1. The molecule has 0 aliphatic heterocycles. The molecular weight excluding hydrogens is 444 g/mol. The Morgan fingerprint density at radius 3 is 2.53 bits per heavy atom. The molecule has 32 heavy (non-hydrogen) atoms. The minimum absolute atomic E-state index is 0.0712. The van der Waals surface area contributed by atoms with Crippen molar-refractivity contribution in [2.45, 2.75) is 26.7 Å². The van der Waals surface area contributed by atoms with Crippen LogP contribution in [0.4, 0.5) is 8.78 Å². The van der Waals surface area contributed by atoms with Gasteiger partial charge in [-0.15, -0.1) is 11.3 Å². The number of hydrogen-bond acceptors (Lipinski definition) is 8. The first-order chi connectivity index (χ1) is 15.3. The summed E-state index contributed by atoms with van der Waals surface area (Å²) in [4.78, 5) is 24.7. The maximum Gasteiger partial charge on any atom is 0.387 e. The van der Waals surface area contributed by atoms with Gasteiger partial charge in [0.1, 0.15) is 11.4 Å². The van der Waals surface area contributed by atoms with Crippen LogP contribution in [-0.4, -0.2) is 55.8 Å². The quantitative estimate of drug-likeness (QED) is 0.470. The lowest BCUT2D eigenvalue weighted by atomic mass is 10.1. The van der Waals surface area contributed by atoms with Crippen molar-refractivity contribution in [2.24, 2.45) is 0 Å². The second kappa shape index (κ2) is 10.0. The van der Waals surface area contributed by atoms with Gasteiger partial charge in [0.2, 0.25) is 5.88 Å². The van der Waals surface area contributed by atoms with Crippen LogP contribution in [0.25, 0.3) is 10.2 Å². The molecule has 0 saturated carbocycles. The van der Waals surface area contributed by atoms with E-state index in [9.17, 15) is 13.6 Å². The van der Waals surface area contributed by atoms with Gasteiger partial charge in [-0.25, -0.2) is 4.98 Å². The highest BCUT2D eigenvalue weighted by Gasteiger charge is 2.24. The van der Waals surface area contributed by atoms with Crippen molar-refractivity contribution >= 4 is 27.5 Å². The monoisotopic (exact) mass is 467 g/mol. The summed E-state index contributed by atoms with van der Waals surface area (Å²) in [7, 11) is 6.07. The predicted molar refractivity (Wildman–Crippen MR) is 115 cm³/mol. The molecule has 0 unspecified atom stereocenters. The van der Waals surface area contributed by atoms with E-state index in [2.05, 4.69) is 14.7 Å². The van der Waals surface area contributed by atoms with Gasteiger partial charge in [-0.05, 0) is 30.2 Å². The highest BCUT2D eigenvalue weighted by atomic mass is 32.1. The van der Waals surface area contributed by atoms with Gasteiger partial charge in [-0.3, -0.25) is 4.79 Å². The Hall–Kier alpha value is -3.05. The molecular formula is C21H23F2N3O5S. The molecule has 0 saturated heterocycles. The number of carbonyl (C=O) groups is 1. The van der Waals surface area contributed by atoms with Gasteiger partial charge in [-0.2, -0.15) is 13.8 Å². The number of alkyl halides is 2. The Morgan fingerprint density at radius 2 is 1.91 bits per heavy atom. The van der Waals surface area contributed by atoms with Crippen LogP contribution in [0.15, 0.2) is 18.2 Å². The van der Waals surface area contributed by atoms with Gasteiger partial charge < -0.3 is 23.8 Å². The lowest BCUT2D eigenvalue weighted by Gasteiger charge is -2.18. The van der Waals surface area contributed by atoms with Crippen LogP contribution < -0.4 is 14.2 Å². The highest BCUT2D eigenvalue weighted by Crippen LogP contribution is 2.36. The van der Waals surface area contributed by atoms with E-state index in [4.69, 9.17) is 14.2 Å². The summed E-state index contributed by atoms with van der Waals surface area (Å²) in [5, 5.41) is 0.685. The number of benzene rings is 1. The fraction of sp³-hybridized carbons (Fsp3) is 0.381. The Labute approximate surface area is 187 Å². The molecule has 0 aliphatic rings.